The van der Waals surface area contributed by atoms with E-state index in [9.17, 15) is 9.59 Å². The highest BCUT2D eigenvalue weighted by Gasteiger charge is 2.06. The lowest BCUT2D eigenvalue weighted by Gasteiger charge is -2.06. The second-order valence-corrected chi connectivity index (χ2v) is 5.59. The van der Waals surface area contributed by atoms with Crippen molar-refractivity contribution in [3.8, 4) is 0 Å². The van der Waals surface area contributed by atoms with E-state index in [-0.39, 0.29) is 5.91 Å². The summed E-state index contributed by atoms with van der Waals surface area (Å²) in [5.74, 6) is -0.238. The van der Waals surface area contributed by atoms with Gasteiger partial charge in [-0.05, 0) is 41.3 Å². The lowest BCUT2D eigenvalue weighted by molar-refractivity contribution is 0.0600. The number of hydrogen-bond donors (Lipinski definition) is 1. The van der Waals surface area contributed by atoms with Crippen LogP contribution in [-0.4, -0.2) is 25.2 Å². The van der Waals surface area contributed by atoms with Gasteiger partial charge in [-0.15, -0.1) is 0 Å². The Labute approximate surface area is 141 Å². The van der Waals surface area contributed by atoms with E-state index in [1.807, 2.05) is 12.1 Å². The molecular formula is C19H20N2O3. The van der Waals surface area contributed by atoms with Crippen LogP contribution in [0.4, 0.5) is 0 Å². The van der Waals surface area contributed by atoms with Crippen LogP contribution in [0.5, 0.6) is 0 Å². The van der Waals surface area contributed by atoms with Crippen molar-refractivity contribution in [2.24, 2.45) is 5.10 Å². The Hall–Kier alpha value is -2.95. The summed E-state index contributed by atoms with van der Waals surface area (Å²) in [6.45, 7) is 4.20. The normalized spacial score (nSPS) is 10.8. The highest BCUT2D eigenvalue weighted by molar-refractivity contribution is 5.95. The van der Waals surface area contributed by atoms with E-state index in [2.05, 4.69) is 29.1 Å². The van der Waals surface area contributed by atoms with Crippen LogP contribution in [0.3, 0.4) is 0 Å². The molecule has 0 aromatic heterocycles. The van der Waals surface area contributed by atoms with Crippen LogP contribution in [0, 0.1) is 0 Å². The van der Waals surface area contributed by atoms with Gasteiger partial charge >= 0.3 is 5.97 Å². The van der Waals surface area contributed by atoms with E-state index in [0.29, 0.717) is 17.0 Å². The fourth-order valence-electron chi connectivity index (χ4n) is 2.07. The fraction of sp³-hybridized carbons (Fsp3) is 0.211. The topological polar surface area (TPSA) is 67.8 Å². The molecule has 5 heteroatoms. The third kappa shape index (κ3) is 4.52. The minimum atomic E-state index is -0.392. The van der Waals surface area contributed by atoms with Gasteiger partial charge in [0.2, 0.25) is 0 Å². The third-order valence-electron chi connectivity index (χ3n) is 3.55. The van der Waals surface area contributed by atoms with Gasteiger partial charge in [0.1, 0.15) is 0 Å². The van der Waals surface area contributed by atoms with Crippen molar-refractivity contribution in [2.45, 2.75) is 19.8 Å². The molecular weight excluding hydrogens is 304 g/mol. The van der Waals surface area contributed by atoms with Crippen LogP contribution in [0.1, 0.15) is 51.6 Å². The van der Waals surface area contributed by atoms with E-state index in [0.717, 1.165) is 5.56 Å². The minimum Gasteiger partial charge on any atom is -0.465 e. The monoisotopic (exact) mass is 324 g/mol. The fourth-order valence-corrected chi connectivity index (χ4v) is 2.07. The van der Waals surface area contributed by atoms with E-state index in [1.165, 1.54) is 18.9 Å². The molecule has 124 valence electrons. The Morgan fingerprint density at radius 1 is 1.00 bits per heavy atom. The van der Waals surface area contributed by atoms with Crippen molar-refractivity contribution in [3.63, 3.8) is 0 Å². The maximum Gasteiger partial charge on any atom is 0.337 e. The summed E-state index contributed by atoms with van der Waals surface area (Å²) in [4.78, 5) is 23.4. The van der Waals surface area contributed by atoms with E-state index in [4.69, 9.17) is 0 Å². The van der Waals surface area contributed by atoms with Crippen molar-refractivity contribution < 1.29 is 14.3 Å². The molecule has 0 saturated carbocycles. The molecule has 0 radical (unpaired) electrons. The summed E-state index contributed by atoms with van der Waals surface area (Å²) in [5.41, 5.74) is 5.44. The largest absolute Gasteiger partial charge is 0.465 e. The van der Waals surface area contributed by atoms with Crippen LogP contribution in [-0.2, 0) is 4.74 Å². The molecule has 0 heterocycles. The first kappa shape index (κ1) is 17.4. The third-order valence-corrected chi connectivity index (χ3v) is 3.55. The van der Waals surface area contributed by atoms with Gasteiger partial charge < -0.3 is 4.74 Å². The first-order valence-corrected chi connectivity index (χ1v) is 7.63. The van der Waals surface area contributed by atoms with Crippen LogP contribution < -0.4 is 5.43 Å². The van der Waals surface area contributed by atoms with E-state index in [1.54, 1.807) is 36.4 Å². The molecule has 1 N–H and O–H groups in total. The average molecular weight is 324 g/mol. The number of hydrogen-bond acceptors (Lipinski definition) is 4. The van der Waals surface area contributed by atoms with E-state index >= 15 is 0 Å². The standard InChI is InChI=1S/C19H20N2O3/c1-13(2)15-8-10-16(11-9-15)18(22)21-20-12-14-4-6-17(7-5-14)19(23)24-3/h4-13H,1-3H3,(H,21,22)/b20-12+. The van der Waals surface area contributed by atoms with Gasteiger partial charge in [0.15, 0.2) is 0 Å². The Balaban J connectivity index is 1.95. The maximum absolute atomic E-state index is 12.0. The number of nitrogens with zero attached hydrogens (tertiary/aromatic N) is 1. The summed E-state index contributed by atoms with van der Waals surface area (Å²) in [6.07, 6.45) is 1.52. The smallest absolute Gasteiger partial charge is 0.337 e. The van der Waals surface area contributed by atoms with Crippen LogP contribution in [0.2, 0.25) is 0 Å². The molecule has 0 aliphatic heterocycles. The molecule has 1 amide bonds. The Morgan fingerprint density at radius 2 is 1.58 bits per heavy atom. The zero-order valence-corrected chi connectivity index (χ0v) is 13.9. The van der Waals surface area contributed by atoms with Gasteiger partial charge in [0.25, 0.3) is 5.91 Å². The minimum absolute atomic E-state index is 0.271. The average Bonchev–Trinajstić information content (AvgIpc) is 2.61. The number of rotatable bonds is 5. The Morgan fingerprint density at radius 3 is 2.12 bits per heavy atom. The van der Waals surface area contributed by atoms with Gasteiger partial charge in [-0.3, -0.25) is 4.79 Å². The summed E-state index contributed by atoms with van der Waals surface area (Å²) in [5, 5.41) is 3.93. The molecule has 0 unspecified atom stereocenters. The molecule has 0 aliphatic carbocycles. The van der Waals surface area contributed by atoms with Gasteiger partial charge in [-0.2, -0.15) is 5.10 Å². The molecule has 0 atom stereocenters. The number of carbonyl (C=O) groups is 2. The molecule has 5 nitrogen and oxygen atoms in total. The number of esters is 1. The number of amides is 1. The SMILES string of the molecule is COC(=O)c1ccc(/C=N/NC(=O)c2ccc(C(C)C)cc2)cc1. The van der Waals surface area contributed by atoms with Crippen molar-refractivity contribution in [1.29, 1.82) is 0 Å². The number of ether oxygens (including phenoxy) is 1. The predicted molar refractivity (Wildman–Crippen MR) is 93.4 cm³/mol. The predicted octanol–water partition coefficient (Wildman–Crippen LogP) is 3.36. The molecule has 24 heavy (non-hydrogen) atoms. The first-order valence-electron chi connectivity index (χ1n) is 7.63. The summed E-state index contributed by atoms with van der Waals surface area (Å²) in [7, 11) is 1.33. The van der Waals surface area contributed by atoms with Gasteiger partial charge in [-0.25, -0.2) is 10.2 Å². The number of nitrogens with one attached hydrogen (secondary N) is 1. The van der Waals surface area contributed by atoms with Crippen molar-refractivity contribution in [2.75, 3.05) is 7.11 Å². The summed E-state index contributed by atoms with van der Waals surface area (Å²) in [6, 6.07) is 14.2. The molecule has 0 saturated heterocycles. The lowest BCUT2D eigenvalue weighted by Crippen LogP contribution is -2.17. The van der Waals surface area contributed by atoms with Crippen molar-refractivity contribution in [3.05, 3.63) is 70.8 Å². The van der Waals surface area contributed by atoms with Crippen LogP contribution in [0.15, 0.2) is 53.6 Å². The molecule has 0 bridgehead atoms. The van der Waals surface area contributed by atoms with Crippen molar-refractivity contribution in [1.82, 2.24) is 5.43 Å². The van der Waals surface area contributed by atoms with Crippen LogP contribution in [0.25, 0.3) is 0 Å². The molecule has 0 aliphatic rings. The Bertz CT molecular complexity index is 732. The number of hydrazone groups is 1. The number of carbonyl (C=O) groups excluding carboxylic acids is 2. The van der Waals surface area contributed by atoms with Gasteiger partial charge in [-0.1, -0.05) is 38.1 Å². The number of methoxy groups -OCH3 is 1. The second kappa shape index (κ2) is 8.06. The molecule has 2 rings (SSSR count). The van der Waals surface area contributed by atoms with E-state index < -0.39 is 5.97 Å². The quantitative estimate of drug-likeness (QED) is 0.521. The highest BCUT2D eigenvalue weighted by Crippen LogP contribution is 2.14. The van der Waals surface area contributed by atoms with Gasteiger partial charge in [0.05, 0.1) is 18.9 Å². The molecule has 2 aromatic carbocycles. The summed E-state index contributed by atoms with van der Waals surface area (Å²) >= 11 is 0. The Kier molecular flexibility index (Phi) is 5.84. The lowest BCUT2D eigenvalue weighted by atomic mass is 10.0. The molecule has 0 fully saturated rings. The maximum atomic E-state index is 12.0. The highest BCUT2D eigenvalue weighted by atomic mass is 16.5. The van der Waals surface area contributed by atoms with Crippen LogP contribution >= 0.6 is 0 Å². The first-order chi connectivity index (χ1) is 11.5. The number of benzene rings is 2. The second-order valence-electron chi connectivity index (χ2n) is 5.59. The summed E-state index contributed by atoms with van der Waals surface area (Å²) < 4.78 is 4.63. The van der Waals surface area contributed by atoms with Gasteiger partial charge in [0, 0.05) is 5.56 Å². The zero-order chi connectivity index (χ0) is 17.5. The molecule has 0 spiro atoms. The molecule has 2 aromatic rings. The van der Waals surface area contributed by atoms with Crippen molar-refractivity contribution >= 4 is 18.1 Å². The zero-order valence-electron chi connectivity index (χ0n) is 13.9.